The second-order valence-electron chi connectivity index (χ2n) is 7.39. The molecule has 0 aromatic heterocycles. The number of methoxy groups -OCH3 is 3. The molecule has 32 heavy (non-hydrogen) atoms. The number of hydrogen-bond donors (Lipinski definition) is 1. The van der Waals surface area contributed by atoms with Crippen molar-refractivity contribution in [2.24, 2.45) is 0 Å². The van der Waals surface area contributed by atoms with E-state index in [4.69, 9.17) is 25.8 Å². The van der Waals surface area contributed by atoms with Crippen LogP contribution in [-0.2, 0) is 10.5 Å². The highest BCUT2D eigenvalue weighted by Gasteiger charge is 2.52. The Morgan fingerprint density at radius 2 is 1.78 bits per heavy atom. The third-order valence-electron chi connectivity index (χ3n) is 5.71. The van der Waals surface area contributed by atoms with E-state index in [1.807, 2.05) is 0 Å². The molecule has 0 saturated carbocycles. The average molecular weight is 473 g/mol. The van der Waals surface area contributed by atoms with Crippen LogP contribution in [0.15, 0.2) is 47.0 Å². The van der Waals surface area contributed by atoms with Crippen LogP contribution in [0, 0.1) is 11.3 Å². The van der Waals surface area contributed by atoms with Gasteiger partial charge in [-0.1, -0.05) is 23.7 Å². The lowest BCUT2D eigenvalue weighted by Crippen LogP contribution is -2.48. The number of hydrogen-bond acceptors (Lipinski definition) is 7. The first-order chi connectivity index (χ1) is 15.4. The van der Waals surface area contributed by atoms with Gasteiger partial charge in [-0.05, 0) is 29.8 Å². The molecule has 2 aliphatic rings. The van der Waals surface area contributed by atoms with Crippen molar-refractivity contribution in [3.63, 3.8) is 0 Å². The van der Waals surface area contributed by atoms with Crippen LogP contribution in [0.25, 0.3) is 0 Å². The van der Waals surface area contributed by atoms with Crippen LogP contribution >= 0.6 is 23.4 Å². The molecule has 1 fully saturated rings. The van der Waals surface area contributed by atoms with Gasteiger partial charge in [-0.2, -0.15) is 5.26 Å². The zero-order chi connectivity index (χ0) is 23.0. The molecule has 2 aromatic carbocycles. The second kappa shape index (κ2) is 8.58. The molecule has 1 N–H and O–H groups in total. The third kappa shape index (κ3) is 3.47. The quantitative estimate of drug-likeness (QED) is 0.702. The first-order valence-electron chi connectivity index (χ1n) is 9.76. The summed E-state index contributed by atoms with van der Waals surface area (Å²) in [6, 6.07) is 12.5. The summed E-state index contributed by atoms with van der Waals surface area (Å²) in [4.78, 5) is 14.6. The SMILES string of the molecule is COc1cc([C@@H]2CC(=O)N3C(=C2C#N)SC[C@@]3(O)c2ccc(Cl)cc2)cc(OC)c1OC. The van der Waals surface area contributed by atoms with Crippen molar-refractivity contribution in [2.75, 3.05) is 27.1 Å². The van der Waals surface area contributed by atoms with E-state index in [1.165, 1.54) is 38.0 Å². The highest BCUT2D eigenvalue weighted by Crippen LogP contribution is 2.53. The molecule has 9 heteroatoms. The average Bonchev–Trinajstić information content (AvgIpc) is 3.17. The molecule has 1 saturated heterocycles. The number of ether oxygens (including phenoxy) is 3. The topological polar surface area (TPSA) is 92.0 Å². The predicted octanol–water partition coefficient (Wildman–Crippen LogP) is 4.01. The molecule has 4 rings (SSSR count). The number of benzene rings is 2. The number of fused-ring (bicyclic) bond motifs is 1. The number of nitriles is 1. The van der Waals surface area contributed by atoms with Gasteiger partial charge in [0.25, 0.3) is 0 Å². The van der Waals surface area contributed by atoms with Crippen molar-refractivity contribution in [1.82, 2.24) is 4.90 Å². The number of carbonyl (C=O) groups is 1. The van der Waals surface area contributed by atoms with Gasteiger partial charge in [-0.25, -0.2) is 0 Å². The van der Waals surface area contributed by atoms with Crippen LogP contribution in [0.2, 0.25) is 5.02 Å². The van der Waals surface area contributed by atoms with Crippen molar-refractivity contribution in [1.29, 1.82) is 5.26 Å². The molecule has 2 aromatic rings. The summed E-state index contributed by atoms with van der Waals surface area (Å²) in [7, 11) is 4.53. The van der Waals surface area contributed by atoms with Crippen molar-refractivity contribution in [3.8, 4) is 23.3 Å². The first kappa shape index (κ1) is 22.3. The van der Waals surface area contributed by atoms with Gasteiger partial charge in [0.1, 0.15) is 0 Å². The summed E-state index contributed by atoms with van der Waals surface area (Å²) in [5, 5.41) is 22.5. The Kier molecular flexibility index (Phi) is 5.99. The van der Waals surface area contributed by atoms with Crippen LogP contribution < -0.4 is 14.2 Å². The zero-order valence-electron chi connectivity index (χ0n) is 17.7. The molecule has 2 aliphatic heterocycles. The molecule has 0 unspecified atom stereocenters. The summed E-state index contributed by atoms with van der Waals surface area (Å²) < 4.78 is 16.3. The summed E-state index contributed by atoms with van der Waals surface area (Å²) in [6.07, 6.45) is 0.0154. The lowest BCUT2D eigenvalue weighted by molar-refractivity contribution is -0.149. The molecule has 0 spiro atoms. The van der Waals surface area contributed by atoms with E-state index in [-0.39, 0.29) is 18.1 Å². The number of halogens is 1. The monoisotopic (exact) mass is 472 g/mol. The molecule has 2 atom stereocenters. The van der Waals surface area contributed by atoms with Gasteiger partial charge in [-0.15, -0.1) is 11.8 Å². The van der Waals surface area contributed by atoms with E-state index in [1.54, 1.807) is 36.4 Å². The maximum absolute atomic E-state index is 13.3. The molecule has 1 amide bonds. The molecular weight excluding hydrogens is 452 g/mol. The Balaban J connectivity index is 1.82. The van der Waals surface area contributed by atoms with Crippen molar-refractivity contribution in [2.45, 2.75) is 18.1 Å². The van der Waals surface area contributed by atoms with E-state index in [9.17, 15) is 15.2 Å². The van der Waals surface area contributed by atoms with Crippen LogP contribution in [0.4, 0.5) is 0 Å². The summed E-state index contributed by atoms with van der Waals surface area (Å²) in [5.41, 5.74) is 0.0958. The van der Waals surface area contributed by atoms with Gasteiger partial charge in [0.2, 0.25) is 11.7 Å². The van der Waals surface area contributed by atoms with Crippen LogP contribution in [-0.4, -0.2) is 43.0 Å². The van der Waals surface area contributed by atoms with E-state index in [2.05, 4.69) is 6.07 Å². The maximum Gasteiger partial charge on any atom is 0.231 e. The minimum Gasteiger partial charge on any atom is -0.493 e. The van der Waals surface area contributed by atoms with E-state index < -0.39 is 11.6 Å². The van der Waals surface area contributed by atoms with E-state index in [0.717, 1.165) is 0 Å². The third-order valence-corrected chi connectivity index (χ3v) is 7.18. The number of rotatable bonds is 5. The van der Waals surface area contributed by atoms with E-state index in [0.29, 0.717) is 44.0 Å². The van der Waals surface area contributed by atoms with E-state index >= 15 is 0 Å². The Labute approximate surface area is 195 Å². The minimum atomic E-state index is -1.55. The van der Waals surface area contributed by atoms with Gasteiger partial charge in [-0.3, -0.25) is 9.69 Å². The lowest BCUT2D eigenvalue weighted by Gasteiger charge is -2.38. The molecular formula is C23H21ClN2O5S. The Hall–Kier alpha value is -2.86. The number of aliphatic hydroxyl groups is 1. The van der Waals surface area contributed by atoms with Gasteiger partial charge in [0.05, 0.1) is 43.8 Å². The maximum atomic E-state index is 13.3. The molecule has 7 nitrogen and oxygen atoms in total. The molecule has 166 valence electrons. The van der Waals surface area contributed by atoms with Crippen molar-refractivity contribution >= 4 is 29.3 Å². The first-order valence-corrected chi connectivity index (χ1v) is 11.1. The van der Waals surface area contributed by atoms with Gasteiger partial charge in [0.15, 0.2) is 17.2 Å². The number of allylic oxidation sites excluding steroid dienone is 1. The number of amides is 1. The number of carbonyl (C=O) groups excluding carboxylic acids is 1. The summed E-state index contributed by atoms with van der Waals surface area (Å²) >= 11 is 7.27. The standard InChI is InChI=1S/C23H21ClN2O5S/c1-29-18-8-13(9-19(30-2)21(18)31-3)16-10-20(27)26-22(17(16)11-25)32-12-23(26,28)14-4-6-15(24)7-5-14/h4-9,16,28H,10,12H2,1-3H3/t16-,23+/m0/s1. The fourth-order valence-corrected chi connectivity index (χ4v) is 5.63. The minimum absolute atomic E-state index is 0.0154. The highest BCUT2D eigenvalue weighted by atomic mass is 35.5. The normalized spacial score (nSPS) is 22.4. The zero-order valence-corrected chi connectivity index (χ0v) is 19.3. The smallest absolute Gasteiger partial charge is 0.231 e. The largest absolute Gasteiger partial charge is 0.493 e. The lowest BCUT2D eigenvalue weighted by atomic mass is 9.85. The van der Waals surface area contributed by atoms with Crippen molar-refractivity contribution < 1.29 is 24.1 Å². The predicted molar refractivity (Wildman–Crippen MR) is 121 cm³/mol. The molecule has 0 radical (unpaired) electrons. The van der Waals surface area contributed by atoms with Crippen LogP contribution in [0.5, 0.6) is 17.2 Å². The Morgan fingerprint density at radius 3 is 2.31 bits per heavy atom. The van der Waals surface area contributed by atoms with Crippen LogP contribution in [0.1, 0.15) is 23.5 Å². The summed E-state index contributed by atoms with van der Waals surface area (Å²) in [5.74, 6) is 0.739. The Morgan fingerprint density at radius 1 is 1.16 bits per heavy atom. The number of thioether (sulfide) groups is 1. The van der Waals surface area contributed by atoms with Gasteiger partial charge in [0, 0.05) is 22.9 Å². The molecule has 0 bridgehead atoms. The molecule has 0 aliphatic carbocycles. The summed E-state index contributed by atoms with van der Waals surface area (Å²) in [6.45, 7) is 0. The fourth-order valence-electron chi connectivity index (χ4n) is 4.14. The van der Waals surface area contributed by atoms with Gasteiger partial charge >= 0.3 is 0 Å². The van der Waals surface area contributed by atoms with Crippen molar-refractivity contribution in [3.05, 3.63) is 63.1 Å². The number of nitrogens with zero attached hydrogens (tertiary/aromatic N) is 2. The Bertz CT molecular complexity index is 1120. The highest BCUT2D eigenvalue weighted by molar-refractivity contribution is 8.03. The second-order valence-corrected chi connectivity index (χ2v) is 8.79. The van der Waals surface area contributed by atoms with Crippen LogP contribution in [0.3, 0.4) is 0 Å². The fraction of sp³-hybridized carbons (Fsp3) is 0.304. The molecule has 2 heterocycles. The van der Waals surface area contributed by atoms with Gasteiger partial charge < -0.3 is 19.3 Å².